The lowest BCUT2D eigenvalue weighted by molar-refractivity contribution is 0.0851. The Hall–Kier alpha value is -1.22. The summed E-state index contributed by atoms with van der Waals surface area (Å²) in [5, 5.41) is -0.714. The minimum absolute atomic E-state index is 0.409. The van der Waals surface area contributed by atoms with Crippen molar-refractivity contribution in [2.75, 3.05) is 0 Å². The van der Waals surface area contributed by atoms with Crippen molar-refractivity contribution in [1.82, 2.24) is 0 Å². The maximum absolute atomic E-state index is 13.2. The highest BCUT2D eigenvalue weighted by atomic mass is 35.5. The number of rotatable bonds is 4. The first-order chi connectivity index (χ1) is 7.06. The SMILES string of the molecule is C=CCC(F)(F)C(Cl)=Nc1ccccc1. The summed E-state index contributed by atoms with van der Waals surface area (Å²) in [7, 11) is 0. The highest BCUT2D eigenvalue weighted by Crippen LogP contribution is 2.25. The zero-order valence-corrected chi connectivity index (χ0v) is 8.72. The molecule has 0 aliphatic heterocycles. The monoisotopic (exact) mass is 229 g/mol. The molecule has 1 nitrogen and oxygen atoms in total. The summed E-state index contributed by atoms with van der Waals surface area (Å²) in [6.07, 6.45) is 0.602. The second-order valence-electron chi connectivity index (χ2n) is 2.94. The van der Waals surface area contributed by atoms with Crippen LogP contribution in [-0.2, 0) is 0 Å². The highest BCUT2D eigenvalue weighted by molar-refractivity contribution is 6.67. The van der Waals surface area contributed by atoms with E-state index in [-0.39, 0.29) is 0 Å². The van der Waals surface area contributed by atoms with Gasteiger partial charge in [-0.3, -0.25) is 0 Å². The Morgan fingerprint density at radius 2 is 2.00 bits per heavy atom. The second kappa shape index (κ2) is 5.03. The molecule has 0 spiro atoms. The molecule has 0 aliphatic rings. The molecule has 0 fully saturated rings. The van der Waals surface area contributed by atoms with Gasteiger partial charge in [-0.05, 0) is 12.1 Å². The molecule has 1 aromatic carbocycles. The Morgan fingerprint density at radius 3 is 2.53 bits per heavy atom. The van der Waals surface area contributed by atoms with Gasteiger partial charge in [0.2, 0.25) is 0 Å². The zero-order chi connectivity index (χ0) is 11.3. The van der Waals surface area contributed by atoms with Crippen LogP contribution in [0.4, 0.5) is 14.5 Å². The van der Waals surface area contributed by atoms with Crippen molar-refractivity contribution < 1.29 is 8.78 Å². The van der Waals surface area contributed by atoms with Crippen molar-refractivity contribution in [2.45, 2.75) is 12.3 Å². The fraction of sp³-hybridized carbons (Fsp3) is 0.182. The third kappa shape index (κ3) is 3.44. The normalized spacial score (nSPS) is 12.6. The number of alkyl halides is 2. The molecule has 4 heteroatoms. The Kier molecular flexibility index (Phi) is 3.97. The molecule has 80 valence electrons. The lowest BCUT2D eigenvalue weighted by Gasteiger charge is -2.11. The maximum Gasteiger partial charge on any atom is 0.303 e. The number of benzene rings is 1. The van der Waals surface area contributed by atoms with E-state index in [0.29, 0.717) is 5.69 Å². The first kappa shape index (κ1) is 11.9. The molecule has 0 bridgehead atoms. The lowest BCUT2D eigenvalue weighted by atomic mass is 10.2. The minimum atomic E-state index is -3.14. The van der Waals surface area contributed by atoms with Gasteiger partial charge in [0.25, 0.3) is 0 Å². The van der Waals surface area contributed by atoms with Gasteiger partial charge >= 0.3 is 5.92 Å². The third-order valence-electron chi connectivity index (χ3n) is 1.69. The van der Waals surface area contributed by atoms with E-state index < -0.39 is 17.5 Å². The molecule has 15 heavy (non-hydrogen) atoms. The van der Waals surface area contributed by atoms with Gasteiger partial charge in [0.15, 0.2) is 5.17 Å². The van der Waals surface area contributed by atoms with Crippen LogP contribution in [0.3, 0.4) is 0 Å². The molecular formula is C11H10ClF2N. The molecule has 0 amide bonds. The largest absolute Gasteiger partial charge is 0.303 e. The first-order valence-corrected chi connectivity index (χ1v) is 4.72. The summed E-state index contributed by atoms with van der Waals surface area (Å²) in [5.41, 5.74) is 0.409. The van der Waals surface area contributed by atoms with Crippen LogP contribution >= 0.6 is 11.6 Å². The summed E-state index contributed by atoms with van der Waals surface area (Å²) in [6, 6.07) is 8.39. The first-order valence-electron chi connectivity index (χ1n) is 4.34. The van der Waals surface area contributed by atoms with Crippen molar-refractivity contribution in [3.05, 3.63) is 43.0 Å². The van der Waals surface area contributed by atoms with E-state index in [1.807, 2.05) is 0 Å². The molecule has 0 aromatic heterocycles. The van der Waals surface area contributed by atoms with Crippen LogP contribution < -0.4 is 0 Å². The predicted molar refractivity (Wildman–Crippen MR) is 59.2 cm³/mol. The third-order valence-corrected chi connectivity index (χ3v) is 2.05. The molecule has 0 saturated carbocycles. The van der Waals surface area contributed by atoms with Gasteiger partial charge in [-0.1, -0.05) is 35.9 Å². The molecular weight excluding hydrogens is 220 g/mol. The van der Waals surface area contributed by atoms with Gasteiger partial charge in [-0.25, -0.2) is 4.99 Å². The molecule has 0 radical (unpaired) electrons. The number of hydrogen-bond donors (Lipinski definition) is 0. The van der Waals surface area contributed by atoms with Crippen molar-refractivity contribution in [3.8, 4) is 0 Å². The van der Waals surface area contributed by atoms with E-state index in [1.165, 1.54) is 0 Å². The maximum atomic E-state index is 13.2. The Bertz CT molecular complexity index is 360. The second-order valence-corrected chi connectivity index (χ2v) is 3.29. The van der Waals surface area contributed by atoms with Crippen LogP contribution in [0.25, 0.3) is 0 Å². The summed E-state index contributed by atoms with van der Waals surface area (Å²) in [6.45, 7) is 3.24. The minimum Gasteiger partial charge on any atom is -0.235 e. The molecule has 0 atom stereocenters. The van der Waals surface area contributed by atoms with Gasteiger partial charge in [-0.2, -0.15) is 8.78 Å². The van der Waals surface area contributed by atoms with Crippen molar-refractivity contribution in [2.24, 2.45) is 4.99 Å². The average Bonchev–Trinajstić information content (AvgIpc) is 2.19. The predicted octanol–water partition coefficient (Wildman–Crippen LogP) is 4.17. The quantitative estimate of drug-likeness (QED) is 0.543. The van der Waals surface area contributed by atoms with Crippen molar-refractivity contribution in [1.29, 1.82) is 0 Å². The average molecular weight is 230 g/mol. The summed E-state index contributed by atoms with van der Waals surface area (Å²) in [4.78, 5) is 3.63. The highest BCUT2D eigenvalue weighted by Gasteiger charge is 2.33. The van der Waals surface area contributed by atoms with Crippen LogP contribution in [0.1, 0.15) is 6.42 Å². The van der Waals surface area contributed by atoms with E-state index in [2.05, 4.69) is 11.6 Å². The fourth-order valence-corrected chi connectivity index (χ4v) is 1.14. The summed E-state index contributed by atoms with van der Waals surface area (Å²) < 4.78 is 26.3. The smallest absolute Gasteiger partial charge is 0.235 e. The lowest BCUT2D eigenvalue weighted by Crippen LogP contribution is -2.23. The number of allylic oxidation sites excluding steroid dienone is 1. The van der Waals surface area contributed by atoms with Gasteiger partial charge in [0.05, 0.1) is 5.69 Å². The Labute approximate surface area is 92.1 Å². The Balaban J connectivity index is 2.88. The Morgan fingerprint density at radius 1 is 1.40 bits per heavy atom. The molecule has 0 heterocycles. The number of hydrogen-bond acceptors (Lipinski definition) is 1. The number of nitrogens with zero attached hydrogens (tertiary/aromatic N) is 1. The molecule has 0 unspecified atom stereocenters. The standard InChI is InChI=1S/C11H10ClF2N/c1-2-8-11(13,14)10(12)15-9-6-4-3-5-7-9/h2-7H,1,8H2. The van der Waals surface area contributed by atoms with Gasteiger partial charge in [0, 0.05) is 6.42 Å². The van der Waals surface area contributed by atoms with Crippen molar-refractivity contribution in [3.63, 3.8) is 0 Å². The van der Waals surface area contributed by atoms with Gasteiger partial charge in [-0.15, -0.1) is 6.58 Å². The van der Waals surface area contributed by atoms with E-state index in [0.717, 1.165) is 6.08 Å². The van der Waals surface area contributed by atoms with Gasteiger partial charge < -0.3 is 0 Å². The van der Waals surface area contributed by atoms with E-state index in [4.69, 9.17) is 11.6 Å². The molecule has 0 N–H and O–H groups in total. The molecule has 1 rings (SSSR count). The summed E-state index contributed by atoms with van der Waals surface area (Å²) >= 11 is 5.44. The van der Waals surface area contributed by atoms with Crippen LogP contribution in [0.2, 0.25) is 0 Å². The van der Waals surface area contributed by atoms with Crippen LogP contribution in [0.15, 0.2) is 48.0 Å². The zero-order valence-electron chi connectivity index (χ0n) is 7.96. The number of para-hydroxylation sites is 1. The molecule has 0 saturated heterocycles. The number of aliphatic imine (C=N–C) groups is 1. The molecule has 1 aromatic rings. The van der Waals surface area contributed by atoms with Crippen LogP contribution in [-0.4, -0.2) is 11.1 Å². The topological polar surface area (TPSA) is 12.4 Å². The van der Waals surface area contributed by atoms with Gasteiger partial charge in [0.1, 0.15) is 0 Å². The van der Waals surface area contributed by atoms with E-state index >= 15 is 0 Å². The van der Waals surface area contributed by atoms with Crippen LogP contribution in [0, 0.1) is 0 Å². The summed E-state index contributed by atoms with van der Waals surface area (Å²) in [5.74, 6) is -3.14. The number of halogens is 3. The molecule has 0 aliphatic carbocycles. The fourth-order valence-electron chi connectivity index (χ4n) is 0.963. The van der Waals surface area contributed by atoms with E-state index in [9.17, 15) is 8.78 Å². The van der Waals surface area contributed by atoms with Crippen molar-refractivity contribution >= 4 is 22.5 Å². The van der Waals surface area contributed by atoms with Crippen LogP contribution in [0.5, 0.6) is 0 Å². The van der Waals surface area contributed by atoms with E-state index in [1.54, 1.807) is 30.3 Å².